The molecule has 1 aromatic carbocycles. The molecule has 1 saturated heterocycles. The number of amides is 1. The van der Waals surface area contributed by atoms with Gasteiger partial charge < -0.3 is 14.7 Å². The van der Waals surface area contributed by atoms with Crippen LogP contribution in [-0.2, 0) is 16.0 Å². The molecule has 2 rings (SSSR count). The molecular formula is C13H15F2NO3. The molecule has 0 saturated carbocycles. The van der Waals surface area contributed by atoms with Gasteiger partial charge in [-0.1, -0.05) is 6.07 Å². The van der Waals surface area contributed by atoms with Gasteiger partial charge in [-0.2, -0.15) is 0 Å². The highest BCUT2D eigenvalue weighted by molar-refractivity contribution is 5.78. The van der Waals surface area contributed by atoms with Gasteiger partial charge in [0.25, 0.3) is 0 Å². The standard InChI is InChI=1S/C13H15F2NO3/c14-11-2-1-9(5-12(11)15)6-13(18)16-3-4-19-10(7-16)8-17/h1-2,5,10,17H,3-4,6-8H2. The predicted molar refractivity (Wildman–Crippen MR) is 63.5 cm³/mol. The smallest absolute Gasteiger partial charge is 0.227 e. The summed E-state index contributed by atoms with van der Waals surface area (Å²) in [5.41, 5.74) is 0.427. The SMILES string of the molecule is O=C(Cc1ccc(F)c(F)c1)N1CCOC(CO)C1. The van der Waals surface area contributed by atoms with Crippen LogP contribution in [0.2, 0.25) is 0 Å². The first-order chi connectivity index (χ1) is 9.10. The molecule has 1 heterocycles. The van der Waals surface area contributed by atoms with Crippen LogP contribution in [0.5, 0.6) is 0 Å². The van der Waals surface area contributed by atoms with E-state index in [0.29, 0.717) is 25.3 Å². The number of carbonyl (C=O) groups is 1. The quantitative estimate of drug-likeness (QED) is 0.881. The van der Waals surface area contributed by atoms with Gasteiger partial charge in [0.2, 0.25) is 5.91 Å². The Balaban J connectivity index is 1.98. The highest BCUT2D eigenvalue weighted by atomic mass is 19.2. The molecule has 0 spiro atoms. The van der Waals surface area contributed by atoms with E-state index in [1.54, 1.807) is 4.90 Å². The Hall–Kier alpha value is -1.53. The van der Waals surface area contributed by atoms with Crippen LogP contribution in [-0.4, -0.2) is 48.3 Å². The number of carbonyl (C=O) groups excluding carboxylic acids is 1. The van der Waals surface area contributed by atoms with E-state index in [2.05, 4.69) is 0 Å². The van der Waals surface area contributed by atoms with E-state index < -0.39 is 11.6 Å². The van der Waals surface area contributed by atoms with E-state index in [1.165, 1.54) is 6.07 Å². The minimum atomic E-state index is -0.958. The molecule has 0 radical (unpaired) electrons. The monoisotopic (exact) mass is 271 g/mol. The van der Waals surface area contributed by atoms with Gasteiger partial charge in [-0.25, -0.2) is 8.78 Å². The third kappa shape index (κ3) is 3.48. The second-order valence-electron chi connectivity index (χ2n) is 4.44. The fourth-order valence-corrected chi connectivity index (χ4v) is 1.99. The summed E-state index contributed by atoms with van der Waals surface area (Å²) < 4.78 is 31.0. The van der Waals surface area contributed by atoms with Gasteiger partial charge in [0.1, 0.15) is 0 Å². The lowest BCUT2D eigenvalue weighted by atomic mass is 10.1. The Bertz CT molecular complexity index is 467. The van der Waals surface area contributed by atoms with Gasteiger partial charge in [0, 0.05) is 13.1 Å². The second-order valence-corrected chi connectivity index (χ2v) is 4.44. The zero-order valence-electron chi connectivity index (χ0n) is 10.3. The van der Waals surface area contributed by atoms with Crippen molar-refractivity contribution in [1.82, 2.24) is 4.90 Å². The van der Waals surface area contributed by atoms with Crippen molar-refractivity contribution in [1.29, 1.82) is 0 Å². The average Bonchev–Trinajstić information content (AvgIpc) is 2.43. The molecule has 0 bridgehead atoms. The number of rotatable bonds is 3. The molecule has 1 amide bonds. The topological polar surface area (TPSA) is 49.8 Å². The van der Waals surface area contributed by atoms with Crippen LogP contribution in [0.4, 0.5) is 8.78 Å². The summed E-state index contributed by atoms with van der Waals surface area (Å²) in [5.74, 6) is -2.07. The van der Waals surface area contributed by atoms with Crippen LogP contribution in [0, 0.1) is 11.6 Å². The van der Waals surface area contributed by atoms with E-state index in [0.717, 1.165) is 12.1 Å². The molecule has 6 heteroatoms. The predicted octanol–water partition coefficient (Wildman–Crippen LogP) is 0.727. The summed E-state index contributed by atoms with van der Waals surface area (Å²) in [6.07, 6.45) is -0.363. The number of ether oxygens (including phenoxy) is 1. The third-order valence-corrected chi connectivity index (χ3v) is 3.03. The van der Waals surface area contributed by atoms with Crippen LogP contribution < -0.4 is 0 Å². The Morgan fingerprint density at radius 1 is 1.42 bits per heavy atom. The molecule has 1 unspecified atom stereocenters. The first kappa shape index (κ1) is 13.9. The number of morpholine rings is 1. The van der Waals surface area contributed by atoms with Crippen molar-refractivity contribution in [2.45, 2.75) is 12.5 Å². The molecule has 1 aromatic rings. The molecule has 1 N–H and O–H groups in total. The van der Waals surface area contributed by atoms with Crippen LogP contribution in [0.3, 0.4) is 0 Å². The molecule has 19 heavy (non-hydrogen) atoms. The highest BCUT2D eigenvalue weighted by Crippen LogP contribution is 2.12. The van der Waals surface area contributed by atoms with E-state index in [9.17, 15) is 13.6 Å². The maximum absolute atomic E-state index is 13.0. The van der Waals surface area contributed by atoms with Gasteiger partial charge >= 0.3 is 0 Å². The summed E-state index contributed by atoms with van der Waals surface area (Å²) >= 11 is 0. The molecule has 104 valence electrons. The number of hydrogen-bond donors (Lipinski definition) is 1. The van der Waals surface area contributed by atoms with Crippen LogP contribution in [0.25, 0.3) is 0 Å². The maximum atomic E-state index is 13.0. The number of nitrogens with zero attached hydrogens (tertiary/aromatic N) is 1. The molecular weight excluding hydrogens is 256 g/mol. The van der Waals surface area contributed by atoms with Crippen molar-refractivity contribution < 1.29 is 23.4 Å². The van der Waals surface area contributed by atoms with E-state index in [4.69, 9.17) is 9.84 Å². The third-order valence-electron chi connectivity index (χ3n) is 3.03. The summed E-state index contributed by atoms with van der Waals surface area (Å²) in [6, 6.07) is 3.42. The Kier molecular flexibility index (Phi) is 4.44. The van der Waals surface area contributed by atoms with Crippen molar-refractivity contribution >= 4 is 5.91 Å². The number of halogens is 2. The molecule has 1 fully saturated rings. The second kappa shape index (κ2) is 6.08. The summed E-state index contributed by atoms with van der Waals surface area (Å²) in [4.78, 5) is 13.6. The van der Waals surface area contributed by atoms with Crippen LogP contribution in [0.15, 0.2) is 18.2 Å². The molecule has 1 atom stereocenters. The van der Waals surface area contributed by atoms with Gasteiger partial charge in [-0.3, -0.25) is 4.79 Å². The first-order valence-corrected chi connectivity index (χ1v) is 6.04. The van der Waals surface area contributed by atoms with E-state index in [-0.39, 0.29) is 25.0 Å². The zero-order valence-corrected chi connectivity index (χ0v) is 10.3. The van der Waals surface area contributed by atoms with Crippen molar-refractivity contribution in [3.63, 3.8) is 0 Å². The van der Waals surface area contributed by atoms with Crippen molar-refractivity contribution in [2.24, 2.45) is 0 Å². The number of hydrogen-bond acceptors (Lipinski definition) is 3. The summed E-state index contributed by atoms with van der Waals surface area (Å²) in [5, 5.41) is 8.99. The van der Waals surface area contributed by atoms with Gasteiger partial charge in [-0.05, 0) is 17.7 Å². The van der Waals surface area contributed by atoms with Crippen molar-refractivity contribution in [2.75, 3.05) is 26.3 Å². The minimum absolute atomic E-state index is 0.00927. The van der Waals surface area contributed by atoms with Crippen LogP contribution in [0.1, 0.15) is 5.56 Å². The van der Waals surface area contributed by atoms with E-state index in [1.807, 2.05) is 0 Å². The van der Waals surface area contributed by atoms with Crippen LogP contribution >= 0.6 is 0 Å². The lowest BCUT2D eigenvalue weighted by molar-refractivity contribution is -0.139. The molecule has 4 nitrogen and oxygen atoms in total. The Morgan fingerprint density at radius 2 is 2.21 bits per heavy atom. The maximum Gasteiger partial charge on any atom is 0.227 e. The van der Waals surface area contributed by atoms with Gasteiger partial charge in [0.15, 0.2) is 11.6 Å². The van der Waals surface area contributed by atoms with Crippen molar-refractivity contribution in [3.05, 3.63) is 35.4 Å². The minimum Gasteiger partial charge on any atom is -0.394 e. The zero-order chi connectivity index (χ0) is 13.8. The number of benzene rings is 1. The molecule has 1 aliphatic rings. The average molecular weight is 271 g/mol. The number of aliphatic hydroxyl groups excluding tert-OH is 1. The highest BCUT2D eigenvalue weighted by Gasteiger charge is 2.23. The first-order valence-electron chi connectivity index (χ1n) is 6.04. The van der Waals surface area contributed by atoms with Gasteiger partial charge in [0.05, 0.1) is 25.7 Å². The fraction of sp³-hybridized carbons (Fsp3) is 0.462. The molecule has 0 aromatic heterocycles. The van der Waals surface area contributed by atoms with Crippen molar-refractivity contribution in [3.8, 4) is 0 Å². The van der Waals surface area contributed by atoms with E-state index >= 15 is 0 Å². The number of aliphatic hydroxyl groups is 1. The largest absolute Gasteiger partial charge is 0.394 e. The fourth-order valence-electron chi connectivity index (χ4n) is 1.99. The Morgan fingerprint density at radius 3 is 2.89 bits per heavy atom. The van der Waals surface area contributed by atoms with Gasteiger partial charge in [-0.15, -0.1) is 0 Å². The lowest BCUT2D eigenvalue weighted by Crippen LogP contribution is -2.47. The molecule has 0 aliphatic carbocycles. The summed E-state index contributed by atoms with van der Waals surface area (Å²) in [7, 11) is 0. The summed E-state index contributed by atoms with van der Waals surface area (Å²) in [6.45, 7) is 0.988. The lowest BCUT2D eigenvalue weighted by Gasteiger charge is -2.32. The normalized spacial score (nSPS) is 19.5. The Labute approximate surface area is 109 Å². The molecule has 1 aliphatic heterocycles.